The minimum absolute atomic E-state index is 0.0190. The highest BCUT2D eigenvalue weighted by atomic mass is 16.5. The molecule has 39 heavy (non-hydrogen) atoms. The van der Waals surface area contributed by atoms with E-state index in [1.54, 1.807) is 75.9 Å². The third kappa shape index (κ3) is 5.27. The summed E-state index contributed by atoms with van der Waals surface area (Å²) >= 11 is 0. The zero-order valence-corrected chi connectivity index (χ0v) is 23.0. The van der Waals surface area contributed by atoms with E-state index in [1.165, 1.54) is 12.0 Å². The van der Waals surface area contributed by atoms with Gasteiger partial charge in [0.15, 0.2) is 11.5 Å². The van der Waals surface area contributed by atoms with E-state index in [0.717, 1.165) is 11.1 Å². The average Bonchev–Trinajstić information content (AvgIpc) is 3.21. The number of ether oxygens (including phenoxy) is 4. The van der Waals surface area contributed by atoms with Gasteiger partial charge in [0, 0.05) is 12.1 Å². The maximum atomic E-state index is 13.5. The number of rotatable bonds is 9. The number of Topliss-reactive ketones (excluding diaryl/α,β-unsaturated/α-hetero) is 1. The summed E-state index contributed by atoms with van der Waals surface area (Å²) in [6, 6.07) is 16.8. The lowest BCUT2D eigenvalue weighted by atomic mass is 9.93. The molecule has 0 aromatic heterocycles. The number of aliphatic hydroxyl groups excluding tert-OH is 1. The summed E-state index contributed by atoms with van der Waals surface area (Å²) < 4.78 is 21.5. The van der Waals surface area contributed by atoms with Gasteiger partial charge in [-0.25, -0.2) is 0 Å². The van der Waals surface area contributed by atoms with Gasteiger partial charge in [-0.2, -0.15) is 0 Å². The van der Waals surface area contributed by atoms with Gasteiger partial charge in [0.2, 0.25) is 0 Å². The molecule has 8 nitrogen and oxygen atoms in total. The second-order valence-corrected chi connectivity index (χ2v) is 9.50. The number of methoxy groups -OCH3 is 4. The second-order valence-electron chi connectivity index (χ2n) is 9.50. The van der Waals surface area contributed by atoms with Crippen LogP contribution in [0.4, 0.5) is 0 Å². The minimum atomic E-state index is -0.825. The summed E-state index contributed by atoms with van der Waals surface area (Å²) in [5.74, 6) is 0.781. The Morgan fingerprint density at radius 2 is 1.46 bits per heavy atom. The van der Waals surface area contributed by atoms with Crippen LogP contribution in [0.25, 0.3) is 5.76 Å². The minimum Gasteiger partial charge on any atom is -0.507 e. The molecule has 0 bridgehead atoms. The van der Waals surface area contributed by atoms with Crippen LogP contribution >= 0.6 is 0 Å². The lowest BCUT2D eigenvalue weighted by Gasteiger charge is -2.26. The lowest BCUT2D eigenvalue weighted by molar-refractivity contribution is -0.140. The molecule has 1 heterocycles. The van der Waals surface area contributed by atoms with Gasteiger partial charge in [0.05, 0.1) is 40.1 Å². The van der Waals surface area contributed by atoms with Crippen molar-refractivity contribution in [3.63, 3.8) is 0 Å². The van der Waals surface area contributed by atoms with Crippen molar-refractivity contribution in [3.05, 3.63) is 88.5 Å². The molecule has 3 aromatic carbocycles. The zero-order chi connectivity index (χ0) is 28.3. The topological polar surface area (TPSA) is 94.5 Å². The Balaban J connectivity index is 1.86. The summed E-state index contributed by atoms with van der Waals surface area (Å²) in [7, 11) is 6.23. The van der Waals surface area contributed by atoms with Crippen molar-refractivity contribution in [2.75, 3.05) is 28.4 Å². The van der Waals surface area contributed by atoms with E-state index in [4.69, 9.17) is 18.9 Å². The molecule has 4 rings (SSSR count). The van der Waals surface area contributed by atoms with E-state index in [1.807, 2.05) is 19.9 Å². The molecule has 204 valence electrons. The summed E-state index contributed by atoms with van der Waals surface area (Å²) in [5, 5.41) is 11.5. The van der Waals surface area contributed by atoms with E-state index in [2.05, 4.69) is 0 Å². The van der Waals surface area contributed by atoms with Gasteiger partial charge in [0.25, 0.3) is 11.7 Å². The molecule has 1 saturated heterocycles. The van der Waals surface area contributed by atoms with Crippen molar-refractivity contribution < 1.29 is 33.6 Å². The first-order valence-electron chi connectivity index (χ1n) is 12.6. The van der Waals surface area contributed by atoms with Crippen LogP contribution in [0.1, 0.15) is 48.1 Å². The molecule has 3 aromatic rings. The number of likely N-dealkylation sites (tertiary alicyclic amines) is 1. The van der Waals surface area contributed by atoms with Crippen molar-refractivity contribution >= 4 is 17.4 Å². The standard InChI is InChI=1S/C31H33NO7/c1-18(2)23-16-21(10-14-24(23)37-4)29(33)27-28(20-8-11-22(36-3)12-9-20)32(31(35)30(27)34)17-19-7-13-25(38-5)26(15-19)39-6/h7-16,18,28,33H,17H2,1-6H3/b29-27-. The number of amides is 1. The molecule has 1 aliphatic heterocycles. The number of hydrogen-bond donors (Lipinski definition) is 1. The monoisotopic (exact) mass is 531 g/mol. The number of hydrogen-bond acceptors (Lipinski definition) is 7. The van der Waals surface area contributed by atoms with Gasteiger partial charge < -0.3 is 29.0 Å². The van der Waals surface area contributed by atoms with Crippen molar-refractivity contribution in [1.82, 2.24) is 4.90 Å². The summed E-state index contributed by atoms with van der Waals surface area (Å²) in [6.45, 7) is 4.14. The Morgan fingerprint density at radius 1 is 0.821 bits per heavy atom. The van der Waals surface area contributed by atoms with Crippen molar-refractivity contribution in [2.45, 2.75) is 32.4 Å². The number of carbonyl (C=O) groups excluding carboxylic acids is 2. The largest absolute Gasteiger partial charge is 0.507 e. The summed E-state index contributed by atoms with van der Waals surface area (Å²) in [6.07, 6.45) is 0. The Hall–Kier alpha value is -4.46. The molecule has 1 atom stereocenters. The van der Waals surface area contributed by atoms with Crippen LogP contribution in [0.5, 0.6) is 23.0 Å². The summed E-state index contributed by atoms with van der Waals surface area (Å²) in [5.41, 5.74) is 2.73. The van der Waals surface area contributed by atoms with Crippen LogP contribution in [-0.4, -0.2) is 50.1 Å². The van der Waals surface area contributed by atoms with Crippen LogP contribution in [0.2, 0.25) is 0 Å². The Kier molecular flexibility index (Phi) is 8.14. The number of nitrogens with zero attached hydrogens (tertiary/aromatic N) is 1. The van der Waals surface area contributed by atoms with Crippen LogP contribution < -0.4 is 18.9 Å². The molecule has 1 unspecified atom stereocenters. The second kappa shape index (κ2) is 11.5. The van der Waals surface area contributed by atoms with Gasteiger partial charge in [-0.1, -0.05) is 32.0 Å². The van der Waals surface area contributed by atoms with Gasteiger partial charge in [-0.3, -0.25) is 9.59 Å². The first-order valence-corrected chi connectivity index (χ1v) is 12.6. The number of benzene rings is 3. The predicted octanol–water partition coefficient (Wildman–Crippen LogP) is 5.47. The highest BCUT2D eigenvalue weighted by Crippen LogP contribution is 2.42. The number of carbonyl (C=O) groups is 2. The Morgan fingerprint density at radius 3 is 2.05 bits per heavy atom. The maximum absolute atomic E-state index is 13.5. The van der Waals surface area contributed by atoms with E-state index in [0.29, 0.717) is 34.1 Å². The smallest absolute Gasteiger partial charge is 0.295 e. The highest BCUT2D eigenvalue weighted by Gasteiger charge is 2.46. The number of ketones is 1. The van der Waals surface area contributed by atoms with Gasteiger partial charge in [-0.15, -0.1) is 0 Å². The van der Waals surface area contributed by atoms with E-state index in [9.17, 15) is 14.7 Å². The number of aliphatic hydroxyl groups is 1. The molecule has 8 heteroatoms. The molecule has 0 spiro atoms. The molecule has 1 aliphatic rings. The van der Waals surface area contributed by atoms with Crippen LogP contribution in [-0.2, 0) is 16.1 Å². The molecular formula is C31H33NO7. The fourth-order valence-corrected chi connectivity index (χ4v) is 4.84. The molecular weight excluding hydrogens is 498 g/mol. The van der Waals surface area contributed by atoms with E-state index < -0.39 is 17.7 Å². The van der Waals surface area contributed by atoms with Crippen LogP contribution in [0.3, 0.4) is 0 Å². The van der Waals surface area contributed by atoms with Crippen molar-refractivity contribution in [1.29, 1.82) is 0 Å². The van der Waals surface area contributed by atoms with Crippen molar-refractivity contribution in [3.8, 4) is 23.0 Å². The van der Waals surface area contributed by atoms with Gasteiger partial charge >= 0.3 is 0 Å². The fraction of sp³-hybridized carbons (Fsp3) is 0.290. The zero-order valence-electron chi connectivity index (χ0n) is 23.0. The average molecular weight is 532 g/mol. The SMILES string of the molecule is COc1ccc(C2/C(=C(/O)c3ccc(OC)c(C(C)C)c3)C(=O)C(=O)N2Cc2ccc(OC)c(OC)c2)cc1. The third-order valence-electron chi connectivity index (χ3n) is 6.90. The first-order chi connectivity index (χ1) is 18.7. The van der Waals surface area contributed by atoms with Gasteiger partial charge in [0.1, 0.15) is 17.3 Å². The molecule has 1 amide bonds. The maximum Gasteiger partial charge on any atom is 0.295 e. The fourth-order valence-electron chi connectivity index (χ4n) is 4.84. The van der Waals surface area contributed by atoms with Crippen LogP contribution in [0, 0.1) is 0 Å². The molecule has 1 fully saturated rings. The Labute approximate surface area is 228 Å². The molecule has 1 N–H and O–H groups in total. The molecule has 0 aliphatic carbocycles. The first kappa shape index (κ1) is 27.6. The van der Waals surface area contributed by atoms with Gasteiger partial charge in [-0.05, 0) is 65.1 Å². The quantitative estimate of drug-likeness (QED) is 0.222. The van der Waals surface area contributed by atoms with E-state index in [-0.39, 0.29) is 23.8 Å². The van der Waals surface area contributed by atoms with Crippen LogP contribution in [0.15, 0.2) is 66.2 Å². The normalized spacial score (nSPS) is 16.5. The Bertz CT molecular complexity index is 1410. The highest BCUT2D eigenvalue weighted by molar-refractivity contribution is 6.46. The van der Waals surface area contributed by atoms with E-state index >= 15 is 0 Å². The lowest BCUT2D eigenvalue weighted by Crippen LogP contribution is -2.29. The summed E-state index contributed by atoms with van der Waals surface area (Å²) in [4.78, 5) is 28.4. The molecule has 0 radical (unpaired) electrons. The van der Waals surface area contributed by atoms with Crippen molar-refractivity contribution in [2.24, 2.45) is 0 Å². The predicted molar refractivity (Wildman–Crippen MR) is 147 cm³/mol. The molecule has 0 saturated carbocycles. The third-order valence-corrected chi connectivity index (χ3v) is 6.90.